The number of benzene rings is 3. The molecule has 31 heavy (non-hydrogen) atoms. The van der Waals surface area contributed by atoms with Crippen molar-refractivity contribution in [3.05, 3.63) is 83.4 Å². The van der Waals surface area contributed by atoms with Gasteiger partial charge in [-0.25, -0.2) is 8.42 Å². The molecule has 8 heteroatoms. The van der Waals surface area contributed by atoms with Crippen LogP contribution in [0, 0.1) is 6.92 Å². The molecule has 0 saturated carbocycles. The largest absolute Gasteiger partial charge is 0.494 e. The van der Waals surface area contributed by atoms with E-state index in [-0.39, 0.29) is 17.2 Å². The standard InChI is InChI=1S/C23H23ClN2O4S/c1-17-4-8-20(9-5-17)26-31(28,29)22-14-10-19(11-15-22)25-23(27)3-2-16-30-21-12-6-18(24)7-13-21/h4-15,26H,2-3,16H2,1H3,(H,25,27). The molecule has 162 valence electrons. The third kappa shape index (κ3) is 7.01. The number of hydrogen-bond acceptors (Lipinski definition) is 4. The Bertz CT molecular complexity index is 1110. The number of anilines is 2. The molecule has 0 aliphatic rings. The molecule has 0 saturated heterocycles. The molecule has 2 N–H and O–H groups in total. The monoisotopic (exact) mass is 458 g/mol. The SMILES string of the molecule is Cc1ccc(NS(=O)(=O)c2ccc(NC(=O)CCCOc3ccc(Cl)cc3)cc2)cc1. The van der Waals surface area contributed by atoms with Gasteiger partial charge in [0.15, 0.2) is 0 Å². The molecule has 0 unspecified atom stereocenters. The van der Waals surface area contributed by atoms with Gasteiger partial charge in [-0.1, -0.05) is 29.3 Å². The molecule has 3 rings (SSSR count). The fourth-order valence-electron chi connectivity index (χ4n) is 2.73. The van der Waals surface area contributed by atoms with Crippen LogP contribution in [0.4, 0.5) is 11.4 Å². The minimum Gasteiger partial charge on any atom is -0.494 e. The van der Waals surface area contributed by atoms with Crippen molar-refractivity contribution >= 4 is 38.9 Å². The van der Waals surface area contributed by atoms with Gasteiger partial charge >= 0.3 is 0 Å². The lowest BCUT2D eigenvalue weighted by Gasteiger charge is -2.10. The summed E-state index contributed by atoms with van der Waals surface area (Å²) in [4.78, 5) is 12.2. The van der Waals surface area contributed by atoms with E-state index in [4.69, 9.17) is 16.3 Å². The number of nitrogens with one attached hydrogen (secondary N) is 2. The molecule has 6 nitrogen and oxygen atoms in total. The Hall–Kier alpha value is -3.03. The molecule has 0 aromatic heterocycles. The van der Waals surface area contributed by atoms with Gasteiger partial charge in [0.2, 0.25) is 5.91 Å². The van der Waals surface area contributed by atoms with Gasteiger partial charge in [-0.05, 0) is 74.0 Å². The highest BCUT2D eigenvalue weighted by molar-refractivity contribution is 7.92. The van der Waals surface area contributed by atoms with Crippen molar-refractivity contribution in [3.63, 3.8) is 0 Å². The highest BCUT2D eigenvalue weighted by Crippen LogP contribution is 2.19. The summed E-state index contributed by atoms with van der Waals surface area (Å²) in [5.74, 6) is 0.522. The number of carbonyl (C=O) groups excluding carboxylic acids is 1. The molecule has 0 aliphatic heterocycles. The first-order valence-electron chi connectivity index (χ1n) is 9.70. The first kappa shape index (κ1) is 22.7. The van der Waals surface area contributed by atoms with E-state index < -0.39 is 10.0 Å². The van der Waals surface area contributed by atoms with Crippen molar-refractivity contribution in [2.75, 3.05) is 16.6 Å². The van der Waals surface area contributed by atoms with E-state index in [9.17, 15) is 13.2 Å². The van der Waals surface area contributed by atoms with Crippen molar-refractivity contribution < 1.29 is 17.9 Å². The molecule has 0 fully saturated rings. The summed E-state index contributed by atoms with van der Waals surface area (Å²) in [7, 11) is -3.71. The summed E-state index contributed by atoms with van der Waals surface area (Å²) >= 11 is 5.82. The average Bonchev–Trinajstić information content (AvgIpc) is 2.74. The number of rotatable bonds is 9. The molecule has 0 bridgehead atoms. The van der Waals surface area contributed by atoms with E-state index in [0.717, 1.165) is 5.56 Å². The van der Waals surface area contributed by atoms with E-state index in [1.807, 2.05) is 19.1 Å². The summed E-state index contributed by atoms with van der Waals surface area (Å²) in [6.45, 7) is 2.33. The fraction of sp³-hybridized carbons (Fsp3) is 0.174. The minimum absolute atomic E-state index is 0.113. The first-order valence-corrected chi connectivity index (χ1v) is 11.6. The molecule has 0 spiro atoms. The van der Waals surface area contributed by atoms with E-state index in [2.05, 4.69) is 10.0 Å². The predicted octanol–water partition coefficient (Wildman–Crippen LogP) is 5.25. The second kappa shape index (κ2) is 10.3. The Morgan fingerprint density at radius 2 is 1.52 bits per heavy atom. The van der Waals surface area contributed by atoms with Crippen molar-refractivity contribution in [2.24, 2.45) is 0 Å². The molecule has 3 aromatic carbocycles. The van der Waals surface area contributed by atoms with Crippen LogP contribution in [0.15, 0.2) is 77.7 Å². The van der Waals surface area contributed by atoms with Gasteiger partial charge < -0.3 is 10.1 Å². The Kier molecular flexibility index (Phi) is 7.55. The zero-order chi connectivity index (χ0) is 22.3. The van der Waals surface area contributed by atoms with Gasteiger partial charge in [0.25, 0.3) is 10.0 Å². The molecular weight excluding hydrogens is 436 g/mol. The third-order valence-corrected chi connectivity index (χ3v) is 6.03. The third-order valence-electron chi connectivity index (χ3n) is 4.38. The molecule has 0 atom stereocenters. The van der Waals surface area contributed by atoms with Crippen molar-refractivity contribution in [1.29, 1.82) is 0 Å². The van der Waals surface area contributed by atoms with Crippen molar-refractivity contribution in [1.82, 2.24) is 0 Å². The van der Waals surface area contributed by atoms with Crippen LogP contribution in [0.2, 0.25) is 5.02 Å². The number of sulfonamides is 1. The molecule has 0 heterocycles. The van der Waals surface area contributed by atoms with Gasteiger partial charge in [0.1, 0.15) is 5.75 Å². The Balaban J connectivity index is 1.47. The average molecular weight is 459 g/mol. The van der Waals surface area contributed by atoms with Gasteiger partial charge in [0.05, 0.1) is 11.5 Å². The Morgan fingerprint density at radius 1 is 0.903 bits per heavy atom. The quantitative estimate of drug-likeness (QED) is 0.429. The molecule has 3 aromatic rings. The predicted molar refractivity (Wildman–Crippen MR) is 123 cm³/mol. The number of carbonyl (C=O) groups is 1. The van der Waals surface area contributed by atoms with E-state index in [0.29, 0.717) is 35.2 Å². The second-order valence-electron chi connectivity index (χ2n) is 6.95. The van der Waals surface area contributed by atoms with Gasteiger partial charge in [-0.15, -0.1) is 0 Å². The van der Waals surface area contributed by atoms with Crippen LogP contribution in [-0.2, 0) is 14.8 Å². The summed E-state index contributed by atoms with van der Waals surface area (Å²) in [6, 6.07) is 20.1. The highest BCUT2D eigenvalue weighted by Gasteiger charge is 2.14. The van der Waals surface area contributed by atoms with E-state index in [1.54, 1.807) is 48.5 Å². The van der Waals surface area contributed by atoms with Crippen LogP contribution in [0.25, 0.3) is 0 Å². The van der Waals surface area contributed by atoms with Gasteiger partial charge in [-0.2, -0.15) is 0 Å². The Morgan fingerprint density at radius 3 is 2.16 bits per heavy atom. The lowest BCUT2D eigenvalue weighted by molar-refractivity contribution is -0.116. The number of hydrogen-bond donors (Lipinski definition) is 2. The molecule has 1 amide bonds. The summed E-state index contributed by atoms with van der Waals surface area (Å²) < 4.78 is 33.1. The smallest absolute Gasteiger partial charge is 0.261 e. The fourth-order valence-corrected chi connectivity index (χ4v) is 3.91. The van der Waals surface area contributed by atoms with E-state index >= 15 is 0 Å². The molecular formula is C23H23ClN2O4S. The lowest BCUT2D eigenvalue weighted by atomic mass is 10.2. The zero-order valence-corrected chi connectivity index (χ0v) is 18.5. The highest BCUT2D eigenvalue weighted by atomic mass is 35.5. The van der Waals surface area contributed by atoms with E-state index in [1.165, 1.54) is 12.1 Å². The van der Waals surface area contributed by atoms with Crippen molar-refractivity contribution in [3.8, 4) is 5.75 Å². The number of amides is 1. The zero-order valence-electron chi connectivity index (χ0n) is 17.0. The van der Waals surface area contributed by atoms with Crippen LogP contribution in [0.1, 0.15) is 18.4 Å². The summed E-state index contributed by atoms with van der Waals surface area (Å²) in [6.07, 6.45) is 0.823. The van der Waals surface area contributed by atoms with Crippen LogP contribution >= 0.6 is 11.6 Å². The lowest BCUT2D eigenvalue weighted by Crippen LogP contribution is -2.14. The van der Waals surface area contributed by atoms with Gasteiger partial charge in [0, 0.05) is 22.8 Å². The van der Waals surface area contributed by atoms with Crippen LogP contribution in [0.5, 0.6) is 5.75 Å². The van der Waals surface area contributed by atoms with Crippen LogP contribution < -0.4 is 14.8 Å². The van der Waals surface area contributed by atoms with Gasteiger partial charge in [-0.3, -0.25) is 9.52 Å². The summed E-state index contributed by atoms with van der Waals surface area (Å²) in [5, 5.41) is 3.39. The first-order chi connectivity index (χ1) is 14.8. The van der Waals surface area contributed by atoms with Crippen LogP contribution in [0.3, 0.4) is 0 Å². The normalized spacial score (nSPS) is 11.0. The van der Waals surface area contributed by atoms with Crippen molar-refractivity contribution in [2.45, 2.75) is 24.7 Å². The maximum Gasteiger partial charge on any atom is 0.261 e. The molecule has 0 aliphatic carbocycles. The molecule has 0 radical (unpaired) electrons. The number of ether oxygens (including phenoxy) is 1. The topological polar surface area (TPSA) is 84.5 Å². The van der Waals surface area contributed by atoms with Crippen LogP contribution in [-0.4, -0.2) is 20.9 Å². The maximum atomic E-state index is 12.5. The maximum absolute atomic E-state index is 12.5. The number of aryl methyl sites for hydroxylation is 1. The number of halogens is 1. The Labute approximate surface area is 187 Å². The summed E-state index contributed by atoms with van der Waals surface area (Å²) in [5.41, 5.74) is 2.06. The minimum atomic E-state index is -3.71. The second-order valence-corrected chi connectivity index (χ2v) is 9.07.